The van der Waals surface area contributed by atoms with E-state index in [0.29, 0.717) is 22.3 Å². The van der Waals surface area contributed by atoms with Gasteiger partial charge in [-0.3, -0.25) is 19.4 Å². The molecule has 37 heavy (non-hydrogen) atoms. The lowest BCUT2D eigenvalue weighted by Crippen LogP contribution is -2.72. The fraction of sp³-hybridized carbons (Fsp3) is 0.269. The number of likely N-dealkylation sites (tertiary alicyclic amines) is 1. The van der Waals surface area contributed by atoms with Crippen molar-refractivity contribution in [2.24, 2.45) is 5.92 Å². The third-order valence-corrected chi connectivity index (χ3v) is 9.06. The molecule has 0 radical (unpaired) electrons. The fourth-order valence-corrected chi connectivity index (χ4v) is 7.38. The van der Waals surface area contributed by atoms with Crippen LogP contribution in [0.25, 0.3) is 0 Å². The molecule has 2 aromatic carbocycles. The highest BCUT2D eigenvalue weighted by atomic mass is 35.5. The van der Waals surface area contributed by atoms with Gasteiger partial charge in [-0.05, 0) is 61.2 Å². The molecule has 3 aliphatic heterocycles. The van der Waals surface area contributed by atoms with Crippen molar-refractivity contribution in [3.63, 3.8) is 0 Å². The molecule has 0 bridgehead atoms. The predicted octanol–water partition coefficient (Wildman–Crippen LogP) is 4.37. The van der Waals surface area contributed by atoms with Crippen molar-refractivity contribution in [3.05, 3.63) is 87.2 Å². The molecule has 2 N–H and O–H groups in total. The molecule has 1 unspecified atom stereocenters. The van der Waals surface area contributed by atoms with E-state index in [1.165, 1.54) is 23.1 Å². The largest absolute Gasteiger partial charge is 0.347 e. The Morgan fingerprint density at radius 1 is 1.11 bits per heavy atom. The van der Waals surface area contributed by atoms with Crippen LogP contribution in [-0.2, 0) is 9.59 Å². The number of anilines is 1. The zero-order valence-corrected chi connectivity index (χ0v) is 22.4. The number of carbonyl (C=O) groups is 2. The normalized spacial score (nSPS) is 32.8. The summed E-state index contributed by atoms with van der Waals surface area (Å²) in [6, 6.07) is 10.8. The minimum atomic E-state index is -1.52. The van der Waals surface area contributed by atoms with Crippen LogP contribution in [0.15, 0.2) is 65.7 Å². The maximum Gasteiger partial charge on any atom is 0.262 e. The molecule has 1 aliphatic carbocycles. The smallest absolute Gasteiger partial charge is 0.262 e. The van der Waals surface area contributed by atoms with Gasteiger partial charge in [0.05, 0.1) is 16.8 Å². The van der Waals surface area contributed by atoms with Crippen LogP contribution in [0.4, 0.5) is 10.1 Å². The summed E-state index contributed by atoms with van der Waals surface area (Å²) in [5, 5.41) is 7.34. The van der Waals surface area contributed by atoms with E-state index in [1.54, 1.807) is 18.2 Å². The highest BCUT2D eigenvalue weighted by Crippen LogP contribution is 2.57. The number of nitrogens with zero attached hydrogens (tertiary/aromatic N) is 2. The van der Waals surface area contributed by atoms with Gasteiger partial charge in [0, 0.05) is 28.4 Å². The number of carbonyl (C=O) groups excluding carboxylic acids is 2. The summed E-state index contributed by atoms with van der Waals surface area (Å²) in [6.07, 6.45) is 5.40. The summed E-state index contributed by atoms with van der Waals surface area (Å²) in [5.41, 5.74) is -1.78. The Balaban J connectivity index is 1.60. The van der Waals surface area contributed by atoms with Crippen molar-refractivity contribution >= 4 is 69.6 Å². The second kappa shape index (κ2) is 8.51. The van der Waals surface area contributed by atoms with Gasteiger partial charge in [-0.15, -0.1) is 0 Å². The number of thiocarbonyl (C=S) groups is 1. The second-order valence-corrected chi connectivity index (χ2v) is 11.3. The van der Waals surface area contributed by atoms with Crippen LogP contribution in [-0.4, -0.2) is 52.5 Å². The lowest BCUT2D eigenvalue weighted by molar-refractivity contribution is -0.139. The molecule has 2 amide bonds. The number of benzene rings is 2. The van der Waals surface area contributed by atoms with Gasteiger partial charge in [0.1, 0.15) is 11.4 Å². The Bertz CT molecular complexity index is 1430. The first-order chi connectivity index (χ1) is 17.6. The van der Waals surface area contributed by atoms with Gasteiger partial charge in [0.15, 0.2) is 10.7 Å². The molecule has 3 heterocycles. The Hall–Kier alpha value is -2.49. The average molecular weight is 578 g/mol. The first kappa shape index (κ1) is 24.8. The van der Waals surface area contributed by atoms with E-state index in [1.807, 2.05) is 36.2 Å². The molecule has 2 aromatic rings. The fourth-order valence-electron chi connectivity index (χ4n) is 6.52. The number of nitrogens with one attached hydrogen (secondary N) is 2. The molecule has 3 fully saturated rings. The van der Waals surface area contributed by atoms with Crippen LogP contribution in [0.3, 0.4) is 0 Å². The number of likely N-dealkylation sites (N-methyl/N-ethyl adjacent to an activating group) is 1. The van der Waals surface area contributed by atoms with Crippen molar-refractivity contribution < 1.29 is 14.0 Å². The van der Waals surface area contributed by atoms with Crippen molar-refractivity contribution in [1.82, 2.24) is 15.5 Å². The van der Waals surface area contributed by atoms with Crippen LogP contribution >= 0.6 is 47.0 Å². The topological polar surface area (TPSA) is 64.7 Å². The first-order valence-corrected chi connectivity index (χ1v) is 13.1. The van der Waals surface area contributed by atoms with Gasteiger partial charge in [0.25, 0.3) is 5.91 Å². The Labute approximate surface area is 233 Å². The molecular weight excluding hydrogens is 558 g/mol. The Kier molecular flexibility index (Phi) is 5.71. The minimum absolute atomic E-state index is 0.0963. The van der Waals surface area contributed by atoms with E-state index in [0.717, 1.165) is 5.56 Å². The number of hydrogen-bond donors (Lipinski definition) is 2. The summed E-state index contributed by atoms with van der Waals surface area (Å²) in [6.45, 7) is 0.368. The standard InChI is InChI=1S/C26H20Cl3FN4O2S/c1-33-12-18(13-2-4-14(27)5-3-13)25(26(33)17-10-15(28)6-9-21(17)31-22(26)35)23(36)34(24(37)32-25)16-7-8-20(30)19(29)11-16/h2-11,17-18,21H,12H2,1H3,(H,31,35)(H,32,37)/t17-,18+,21?,25-,26-/m1/s1. The third kappa shape index (κ3) is 3.23. The van der Waals surface area contributed by atoms with Gasteiger partial charge in [-0.1, -0.05) is 59.1 Å². The lowest BCUT2D eigenvalue weighted by atomic mass is 9.63. The van der Waals surface area contributed by atoms with Crippen LogP contribution in [0.5, 0.6) is 0 Å². The Morgan fingerprint density at radius 3 is 2.54 bits per heavy atom. The van der Waals surface area contributed by atoms with Gasteiger partial charge >= 0.3 is 0 Å². The highest BCUT2D eigenvalue weighted by molar-refractivity contribution is 7.80. The van der Waals surface area contributed by atoms with E-state index in [2.05, 4.69) is 10.6 Å². The number of allylic oxidation sites excluding steroid dienone is 2. The molecule has 2 spiro atoms. The van der Waals surface area contributed by atoms with Crippen LogP contribution < -0.4 is 15.5 Å². The quantitative estimate of drug-likeness (QED) is 0.519. The molecule has 3 saturated heterocycles. The summed E-state index contributed by atoms with van der Waals surface area (Å²) >= 11 is 24.4. The van der Waals surface area contributed by atoms with Gasteiger partial charge in [-0.2, -0.15) is 0 Å². The van der Waals surface area contributed by atoms with Crippen LogP contribution in [0, 0.1) is 11.7 Å². The highest BCUT2D eigenvalue weighted by Gasteiger charge is 2.79. The minimum Gasteiger partial charge on any atom is -0.347 e. The number of fused-ring (bicyclic) bond motifs is 3. The van der Waals surface area contributed by atoms with Crippen molar-refractivity contribution in [3.8, 4) is 0 Å². The summed E-state index contributed by atoms with van der Waals surface area (Å²) in [7, 11) is 1.83. The van der Waals surface area contributed by atoms with Crippen LogP contribution in [0.2, 0.25) is 10.0 Å². The first-order valence-electron chi connectivity index (χ1n) is 11.6. The molecular formula is C26H20Cl3FN4O2S. The van der Waals surface area contributed by atoms with E-state index >= 15 is 0 Å². The van der Waals surface area contributed by atoms with Crippen molar-refractivity contribution in [2.75, 3.05) is 18.5 Å². The summed E-state index contributed by atoms with van der Waals surface area (Å²) in [5.74, 6) is -2.33. The lowest BCUT2D eigenvalue weighted by Gasteiger charge is -2.45. The van der Waals surface area contributed by atoms with Gasteiger partial charge in [-0.25, -0.2) is 4.39 Å². The van der Waals surface area contributed by atoms with Crippen molar-refractivity contribution in [2.45, 2.75) is 23.0 Å². The molecule has 6 rings (SSSR count). The molecule has 4 aliphatic rings. The predicted molar refractivity (Wildman–Crippen MR) is 145 cm³/mol. The van der Waals surface area contributed by atoms with Gasteiger partial charge in [0.2, 0.25) is 5.91 Å². The van der Waals surface area contributed by atoms with E-state index < -0.39 is 34.6 Å². The zero-order chi connectivity index (χ0) is 26.3. The molecule has 11 heteroatoms. The van der Waals surface area contributed by atoms with E-state index in [4.69, 9.17) is 47.0 Å². The number of rotatable bonds is 2. The molecule has 6 nitrogen and oxygen atoms in total. The molecule has 5 atom stereocenters. The second-order valence-electron chi connectivity index (χ2n) is 9.66. The SMILES string of the molecule is CN1C[C@@H](c2ccc(Cl)cc2)[C@]2(NC(=S)N(c3ccc(F)c(Cl)c3)C2=O)[C@@]12C(=O)NC1C=CC(Cl)=C[C@H]12. The molecule has 0 saturated carbocycles. The van der Waals surface area contributed by atoms with Crippen molar-refractivity contribution in [1.29, 1.82) is 0 Å². The molecule has 190 valence electrons. The maximum absolute atomic E-state index is 14.7. The molecule has 0 aromatic heterocycles. The van der Waals surface area contributed by atoms with E-state index in [9.17, 15) is 14.0 Å². The maximum atomic E-state index is 14.7. The average Bonchev–Trinajstić information content (AvgIpc) is 3.40. The summed E-state index contributed by atoms with van der Waals surface area (Å²) < 4.78 is 14.0. The third-order valence-electron chi connectivity index (χ3n) is 7.98. The number of halogens is 4. The van der Waals surface area contributed by atoms with E-state index in [-0.39, 0.29) is 22.1 Å². The van der Waals surface area contributed by atoms with Crippen LogP contribution in [0.1, 0.15) is 11.5 Å². The number of amides is 2. The van der Waals surface area contributed by atoms with Gasteiger partial charge < -0.3 is 10.6 Å². The zero-order valence-electron chi connectivity index (χ0n) is 19.3. The summed E-state index contributed by atoms with van der Waals surface area (Å²) in [4.78, 5) is 32.0. The monoisotopic (exact) mass is 576 g/mol. The Morgan fingerprint density at radius 2 is 1.84 bits per heavy atom. The number of hydrogen-bond acceptors (Lipinski definition) is 4.